The van der Waals surface area contributed by atoms with Crippen LogP contribution in [0.15, 0.2) is 42.6 Å². The summed E-state index contributed by atoms with van der Waals surface area (Å²) in [7, 11) is 0. The molecule has 0 aliphatic carbocycles. The Hall–Kier alpha value is -1.83. The Bertz CT molecular complexity index is 663. The van der Waals surface area contributed by atoms with Gasteiger partial charge in [-0.05, 0) is 61.1 Å². The summed E-state index contributed by atoms with van der Waals surface area (Å²) in [4.78, 5) is 4.56. The summed E-state index contributed by atoms with van der Waals surface area (Å²) in [6, 6.07) is 13.3. The summed E-state index contributed by atoms with van der Waals surface area (Å²) in [6.07, 6.45) is 26.3. The van der Waals surface area contributed by atoms with E-state index in [1.807, 2.05) is 6.20 Å². The zero-order valence-electron chi connectivity index (χ0n) is 21.7. The number of unbranched alkanes of at least 4 members (excludes halogenated alkanes) is 14. The van der Waals surface area contributed by atoms with Gasteiger partial charge in [0.2, 0.25) is 0 Å². The highest BCUT2D eigenvalue weighted by atomic mass is 15.0. The maximum absolute atomic E-state index is 4.56. The van der Waals surface area contributed by atoms with E-state index in [0.29, 0.717) is 0 Å². The molecule has 0 amide bonds. The van der Waals surface area contributed by atoms with Crippen LogP contribution in [0.25, 0.3) is 0 Å². The lowest BCUT2D eigenvalue weighted by atomic mass is 10.0. The van der Waals surface area contributed by atoms with Crippen LogP contribution < -0.4 is 5.32 Å². The van der Waals surface area contributed by atoms with E-state index >= 15 is 0 Å². The maximum atomic E-state index is 4.56. The van der Waals surface area contributed by atoms with Crippen LogP contribution in [0.4, 0.5) is 11.5 Å². The van der Waals surface area contributed by atoms with Crippen LogP contribution in [-0.2, 0) is 12.8 Å². The van der Waals surface area contributed by atoms with E-state index in [1.54, 1.807) is 0 Å². The monoisotopic (exact) mass is 450 g/mol. The van der Waals surface area contributed by atoms with Crippen molar-refractivity contribution < 1.29 is 0 Å². The summed E-state index contributed by atoms with van der Waals surface area (Å²) < 4.78 is 0. The lowest BCUT2D eigenvalue weighted by Gasteiger charge is -2.10. The van der Waals surface area contributed by atoms with E-state index in [2.05, 4.69) is 60.5 Å². The first-order chi connectivity index (χ1) is 16.3. The zero-order chi connectivity index (χ0) is 23.4. The molecule has 1 N–H and O–H groups in total. The van der Waals surface area contributed by atoms with E-state index in [-0.39, 0.29) is 0 Å². The molecule has 0 saturated carbocycles. The van der Waals surface area contributed by atoms with Crippen LogP contribution in [0, 0.1) is 0 Å². The molecule has 0 atom stereocenters. The van der Waals surface area contributed by atoms with Crippen LogP contribution in [0.5, 0.6) is 0 Å². The Morgan fingerprint density at radius 3 is 1.67 bits per heavy atom. The SMILES string of the molecule is CCCCCCCCCCc1cccc(Nc2cc(CCCCCCCCCC)ccn2)c1. The second-order valence-corrected chi connectivity index (χ2v) is 9.82. The average molecular weight is 451 g/mol. The summed E-state index contributed by atoms with van der Waals surface area (Å²) >= 11 is 0. The van der Waals surface area contributed by atoms with Crippen molar-refractivity contribution in [1.29, 1.82) is 0 Å². The van der Waals surface area contributed by atoms with Crippen molar-refractivity contribution in [2.24, 2.45) is 0 Å². The Balaban J connectivity index is 1.66. The van der Waals surface area contributed by atoms with E-state index in [9.17, 15) is 0 Å². The van der Waals surface area contributed by atoms with Gasteiger partial charge < -0.3 is 5.32 Å². The highest BCUT2D eigenvalue weighted by molar-refractivity contribution is 5.57. The molecule has 0 aliphatic heterocycles. The van der Waals surface area contributed by atoms with Gasteiger partial charge in [0.05, 0.1) is 0 Å². The number of pyridine rings is 1. The van der Waals surface area contributed by atoms with Gasteiger partial charge in [-0.3, -0.25) is 0 Å². The number of nitrogens with zero attached hydrogens (tertiary/aromatic N) is 1. The molecule has 33 heavy (non-hydrogen) atoms. The number of rotatable bonds is 20. The standard InChI is InChI=1S/C31H50N2/c1-3-5-7-9-11-13-15-17-20-28-22-19-23-30(26-28)33-31-27-29(24-25-32-31)21-18-16-14-12-10-8-6-4-2/h19,22-27H,3-18,20-21H2,1-2H3,(H,32,33). The molecule has 0 spiro atoms. The molecule has 0 aliphatic rings. The molecular weight excluding hydrogens is 400 g/mol. The number of nitrogens with one attached hydrogen (secondary N) is 1. The second-order valence-electron chi connectivity index (χ2n) is 9.82. The summed E-state index contributed by atoms with van der Waals surface area (Å²) in [6.45, 7) is 4.57. The fourth-order valence-corrected chi connectivity index (χ4v) is 4.58. The minimum atomic E-state index is 0.969. The Labute approximate surface area is 205 Å². The highest BCUT2D eigenvalue weighted by Gasteiger charge is 2.02. The molecule has 0 fully saturated rings. The van der Waals surface area contributed by atoms with Crippen LogP contribution in [0.2, 0.25) is 0 Å². The Morgan fingerprint density at radius 1 is 0.576 bits per heavy atom. The second kappa shape index (κ2) is 18.6. The first kappa shape index (κ1) is 27.4. The van der Waals surface area contributed by atoms with E-state index in [0.717, 1.165) is 17.9 Å². The van der Waals surface area contributed by atoms with E-state index in [4.69, 9.17) is 0 Å². The van der Waals surface area contributed by atoms with Gasteiger partial charge >= 0.3 is 0 Å². The first-order valence-electron chi connectivity index (χ1n) is 14.1. The number of aromatic nitrogens is 1. The molecule has 0 radical (unpaired) electrons. The van der Waals surface area contributed by atoms with Crippen LogP contribution in [0.3, 0.4) is 0 Å². The number of hydrogen-bond acceptors (Lipinski definition) is 2. The molecule has 0 saturated heterocycles. The lowest BCUT2D eigenvalue weighted by molar-refractivity contribution is 0.575. The van der Waals surface area contributed by atoms with Crippen molar-refractivity contribution in [3.63, 3.8) is 0 Å². The maximum Gasteiger partial charge on any atom is 0.130 e. The third-order valence-electron chi connectivity index (χ3n) is 6.66. The van der Waals surface area contributed by atoms with Crippen LogP contribution in [0.1, 0.15) is 128 Å². The zero-order valence-corrected chi connectivity index (χ0v) is 21.7. The smallest absolute Gasteiger partial charge is 0.130 e. The van der Waals surface area contributed by atoms with Gasteiger partial charge in [0.15, 0.2) is 0 Å². The van der Waals surface area contributed by atoms with Crippen molar-refractivity contribution in [2.45, 2.75) is 129 Å². The van der Waals surface area contributed by atoms with Crippen molar-refractivity contribution in [3.05, 3.63) is 53.7 Å². The summed E-state index contributed by atoms with van der Waals surface area (Å²) in [5, 5.41) is 3.53. The fourth-order valence-electron chi connectivity index (χ4n) is 4.58. The molecule has 0 bridgehead atoms. The molecule has 0 unspecified atom stereocenters. The van der Waals surface area contributed by atoms with Crippen molar-refractivity contribution in [3.8, 4) is 0 Å². The summed E-state index contributed by atoms with van der Waals surface area (Å²) in [5.74, 6) is 0.969. The van der Waals surface area contributed by atoms with Gasteiger partial charge in [-0.2, -0.15) is 0 Å². The molecule has 2 rings (SSSR count). The topological polar surface area (TPSA) is 24.9 Å². The van der Waals surface area contributed by atoms with E-state index < -0.39 is 0 Å². The van der Waals surface area contributed by atoms with Crippen molar-refractivity contribution in [1.82, 2.24) is 4.98 Å². The largest absolute Gasteiger partial charge is 0.340 e. The number of aryl methyl sites for hydroxylation is 2. The molecule has 184 valence electrons. The van der Waals surface area contributed by atoms with Gasteiger partial charge in [0, 0.05) is 11.9 Å². The third kappa shape index (κ3) is 13.5. The van der Waals surface area contributed by atoms with Crippen molar-refractivity contribution >= 4 is 11.5 Å². The van der Waals surface area contributed by atoms with Gasteiger partial charge in [-0.1, -0.05) is 116 Å². The highest BCUT2D eigenvalue weighted by Crippen LogP contribution is 2.20. The summed E-state index contributed by atoms with van der Waals surface area (Å²) in [5.41, 5.74) is 3.98. The third-order valence-corrected chi connectivity index (χ3v) is 6.66. The minimum absolute atomic E-state index is 0.969. The quantitative estimate of drug-likeness (QED) is 0.203. The predicted molar refractivity (Wildman–Crippen MR) is 147 cm³/mol. The van der Waals surface area contributed by atoms with Crippen LogP contribution >= 0.6 is 0 Å². The van der Waals surface area contributed by atoms with Crippen molar-refractivity contribution in [2.75, 3.05) is 5.32 Å². The van der Waals surface area contributed by atoms with E-state index in [1.165, 1.54) is 120 Å². The number of benzene rings is 1. The fraction of sp³-hybridized carbons (Fsp3) is 0.645. The Kier molecular flexibility index (Phi) is 15.4. The van der Waals surface area contributed by atoms with Gasteiger partial charge in [0.1, 0.15) is 5.82 Å². The van der Waals surface area contributed by atoms with Crippen LogP contribution in [-0.4, -0.2) is 4.98 Å². The molecule has 1 aromatic heterocycles. The number of anilines is 2. The first-order valence-corrected chi connectivity index (χ1v) is 14.1. The predicted octanol–water partition coefficient (Wildman–Crippen LogP) is 10.2. The molecular formula is C31H50N2. The molecule has 2 aromatic rings. The van der Waals surface area contributed by atoms with Gasteiger partial charge in [-0.15, -0.1) is 0 Å². The molecule has 1 heterocycles. The van der Waals surface area contributed by atoms with Gasteiger partial charge in [0.25, 0.3) is 0 Å². The Morgan fingerprint density at radius 2 is 1.09 bits per heavy atom. The minimum Gasteiger partial charge on any atom is -0.340 e. The lowest BCUT2D eigenvalue weighted by Crippen LogP contribution is -1.96. The molecule has 2 nitrogen and oxygen atoms in total. The number of hydrogen-bond donors (Lipinski definition) is 1. The molecule has 2 heteroatoms. The van der Waals surface area contributed by atoms with Gasteiger partial charge in [-0.25, -0.2) is 4.98 Å². The average Bonchev–Trinajstić information content (AvgIpc) is 2.83. The molecule has 1 aromatic carbocycles. The normalized spacial score (nSPS) is 11.1.